The Morgan fingerprint density at radius 2 is 1.82 bits per heavy atom. The van der Waals surface area contributed by atoms with Gasteiger partial charge in [-0.05, 0) is 31.7 Å². The molecule has 3 fully saturated rings. The van der Waals surface area contributed by atoms with Crippen molar-refractivity contribution in [2.75, 3.05) is 31.1 Å². The van der Waals surface area contributed by atoms with Gasteiger partial charge >= 0.3 is 6.03 Å². The van der Waals surface area contributed by atoms with Gasteiger partial charge in [-0.25, -0.2) is 9.78 Å². The fraction of sp³-hybridized carbons (Fsp3) is 0.556. The van der Waals surface area contributed by atoms with Crippen molar-refractivity contribution in [1.82, 2.24) is 20.5 Å². The molecule has 1 aromatic rings. The molecule has 4 rings (SSSR count). The summed E-state index contributed by atoms with van der Waals surface area (Å²) in [6.07, 6.45) is 3.74. The van der Waals surface area contributed by atoms with Crippen LogP contribution >= 0.6 is 23.2 Å². The maximum absolute atomic E-state index is 12.9. The van der Waals surface area contributed by atoms with Crippen molar-refractivity contribution in [3.63, 3.8) is 0 Å². The molecule has 0 aromatic carbocycles. The lowest BCUT2D eigenvalue weighted by Gasteiger charge is -2.39. The van der Waals surface area contributed by atoms with Gasteiger partial charge in [-0.2, -0.15) is 0 Å². The Morgan fingerprint density at radius 1 is 1.14 bits per heavy atom. The smallest absolute Gasteiger partial charge is 0.322 e. The van der Waals surface area contributed by atoms with Gasteiger partial charge in [0, 0.05) is 38.3 Å². The Balaban J connectivity index is 1.32. The Kier molecular flexibility index (Phi) is 5.09. The highest BCUT2D eigenvalue weighted by atomic mass is 35.5. The zero-order chi connectivity index (χ0) is 19.9. The molecule has 1 saturated carbocycles. The van der Waals surface area contributed by atoms with Crippen LogP contribution in [-0.4, -0.2) is 59.4 Å². The van der Waals surface area contributed by atoms with Crippen LogP contribution in [0.1, 0.15) is 25.7 Å². The normalized spacial score (nSPS) is 27.7. The zero-order valence-corrected chi connectivity index (χ0v) is 16.7. The summed E-state index contributed by atoms with van der Waals surface area (Å²) >= 11 is 12.1. The average Bonchev–Trinajstić information content (AvgIpc) is 2.95. The topological polar surface area (TPSA) is 94.6 Å². The third-order valence-electron chi connectivity index (χ3n) is 5.88. The number of halogens is 2. The van der Waals surface area contributed by atoms with Crippen LogP contribution in [0.4, 0.5) is 10.6 Å². The van der Waals surface area contributed by atoms with E-state index in [0.29, 0.717) is 67.7 Å². The van der Waals surface area contributed by atoms with Crippen LogP contribution in [0, 0.1) is 5.92 Å². The molecule has 8 nitrogen and oxygen atoms in total. The van der Waals surface area contributed by atoms with Crippen molar-refractivity contribution in [1.29, 1.82) is 0 Å². The van der Waals surface area contributed by atoms with E-state index in [0.717, 1.165) is 0 Å². The Morgan fingerprint density at radius 3 is 2.39 bits per heavy atom. The van der Waals surface area contributed by atoms with Gasteiger partial charge in [0.1, 0.15) is 11.4 Å². The quantitative estimate of drug-likeness (QED) is 0.704. The maximum Gasteiger partial charge on any atom is 0.322 e. The highest BCUT2D eigenvalue weighted by Gasteiger charge is 2.49. The minimum Gasteiger partial charge on any atom is -0.352 e. The molecule has 4 amide bonds. The second kappa shape index (κ2) is 7.40. The van der Waals surface area contributed by atoms with Crippen LogP contribution in [0.3, 0.4) is 0 Å². The molecule has 2 aliphatic heterocycles. The number of anilines is 1. The van der Waals surface area contributed by atoms with E-state index < -0.39 is 11.6 Å². The predicted molar refractivity (Wildman–Crippen MR) is 104 cm³/mol. The van der Waals surface area contributed by atoms with Crippen molar-refractivity contribution in [3.05, 3.63) is 22.3 Å². The molecule has 3 aliphatic rings. The highest BCUT2D eigenvalue weighted by Crippen LogP contribution is 2.35. The number of amides is 4. The number of nitrogens with one attached hydrogen (secondary N) is 2. The second-order valence-corrected chi connectivity index (χ2v) is 8.38. The van der Waals surface area contributed by atoms with E-state index in [1.807, 2.05) is 4.90 Å². The lowest BCUT2D eigenvalue weighted by atomic mass is 9.76. The molecular weight excluding hydrogens is 405 g/mol. The number of aromatic nitrogens is 1. The van der Waals surface area contributed by atoms with E-state index >= 15 is 0 Å². The Hall–Kier alpha value is -2.06. The molecular formula is C18H21Cl2N5O3. The van der Waals surface area contributed by atoms with E-state index in [1.54, 1.807) is 12.3 Å². The predicted octanol–water partition coefficient (Wildman–Crippen LogP) is 1.81. The first-order valence-electron chi connectivity index (χ1n) is 9.36. The van der Waals surface area contributed by atoms with Gasteiger partial charge in [0.25, 0.3) is 5.91 Å². The highest BCUT2D eigenvalue weighted by molar-refractivity contribution is 6.36. The first-order chi connectivity index (χ1) is 13.4. The van der Waals surface area contributed by atoms with Gasteiger partial charge in [0.15, 0.2) is 0 Å². The van der Waals surface area contributed by atoms with Crippen molar-refractivity contribution < 1.29 is 14.4 Å². The van der Waals surface area contributed by atoms with E-state index in [4.69, 9.17) is 23.2 Å². The summed E-state index contributed by atoms with van der Waals surface area (Å²) in [5, 5.41) is 6.02. The second-order valence-electron chi connectivity index (χ2n) is 7.54. The molecule has 1 spiro atoms. The summed E-state index contributed by atoms with van der Waals surface area (Å²) in [4.78, 5) is 44.6. The standard InChI is InChI=1S/C18H21Cl2N5O3/c19-12-9-13(20)14(21-10-12)24-5-7-25(8-6-24)15(26)11-1-3-18(4-2-11)16(27)22-17(28)23-18/h9-11H,1-8H2,(H2,22,23,27,28). The van der Waals surface area contributed by atoms with Crippen molar-refractivity contribution in [2.24, 2.45) is 5.92 Å². The van der Waals surface area contributed by atoms with Crippen LogP contribution in [-0.2, 0) is 9.59 Å². The number of piperazine rings is 1. The first-order valence-corrected chi connectivity index (χ1v) is 10.1. The molecule has 1 aromatic heterocycles. The molecule has 3 heterocycles. The van der Waals surface area contributed by atoms with Crippen LogP contribution in [0.5, 0.6) is 0 Å². The number of hydrogen-bond donors (Lipinski definition) is 2. The number of hydrogen-bond acceptors (Lipinski definition) is 5. The lowest BCUT2D eigenvalue weighted by molar-refractivity contribution is -0.138. The third-order valence-corrected chi connectivity index (χ3v) is 6.37. The monoisotopic (exact) mass is 425 g/mol. The van der Waals surface area contributed by atoms with E-state index in [2.05, 4.69) is 20.5 Å². The molecule has 2 saturated heterocycles. The van der Waals surface area contributed by atoms with Gasteiger partial charge < -0.3 is 15.1 Å². The summed E-state index contributed by atoms with van der Waals surface area (Å²) < 4.78 is 0. The van der Waals surface area contributed by atoms with Gasteiger partial charge in [-0.1, -0.05) is 23.2 Å². The average molecular weight is 426 g/mol. The fourth-order valence-electron chi connectivity index (χ4n) is 4.27. The number of nitrogens with zero attached hydrogens (tertiary/aromatic N) is 3. The lowest BCUT2D eigenvalue weighted by Crippen LogP contribution is -2.54. The number of urea groups is 1. The molecule has 0 radical (unpaired) electrons. The van der Waals surface area contributed by atoms with Crippen LogP contribution in [0.15, 0.2) is 12.3 Å². The number of carbonyl (C=O) groups excluding carboxylic acids is 3. The molecule has 28 heavy (non-hydrogen) atoms. The summed E-state index contributed by atoms with van der Waals surface area (Å²) in [5.41, 5.74) is -0.830. The number of pyridine rings is 1. The summed E-state index contributed by atoms with van der Waals surface area (Å²) in [7, 11) is 0. The number of imide groups is 1. The van der Waals surface area contributed by atoms with Crippen LogP contribution in [0.2, 0.25) is 10.0 Å². The third kappa shape index (κ3) is 3.51. The first kappa shape index (κ1) is 19.3. The van der Waals surface area contributed by atoms with E-state index in [1.165, 1.54) is 0 Å². The van der Waals surface area contributed by atoms with Crippen molar-refractivity contribution >= 4 is 46.9 Å². The van der Waals surface area contributed by atoms with Gasteiger partial charge in [-0.3, -0.25) is 14.9 Å². The molecule has 0 atom stereocenters. The minimum absolute atomic E-state index is 0.111. The number of carbonyl (C=O) groups is 3. The molecule has 0 bridgehead atoms. The SMILES string of the molecule is O=C1NC(=O)C2(CCC(C(=O)N3CCN(c4ncc(Cl)cc4Cl)CC3)CC2)N1. The fourth-order valence-corrected chi connectivity index (χ4v) is 4.77. The minimum atomic E-state index is -0.830. The number of rotatable bonds is 2. The zero-order valence-electron chi connectivity index (χ0n) is 15.2. The van der Waals surface area contributed by atoms with Gasteiger partial charge in [-0.15, -0.1) is 0 Å². The van der Waals surface area contributed by atoms with E-state index in [9.17, 15) is 14.4 Å². The molecule has 1 aliphatic carbocycles. The summed E-state index contributed by atoms with van der Waals surface area (Å²) in [6, 6.07) is 1.22. The van der Waals surface area contributed by atoms with E-state index in [-0.39, 0.29) is 17.7 Å². The Labute approximate surface area is 172 Å². The van der Waals surface area contributed by atoms with Gasteiger partial charge in [0.2, 0.25) is 5.91 Å². The molecule has 0 unspecified atom stereocenters. The molecule has 10 heteroatoms. The molecule has 150 valence electrons. The summed E-state index contributed by atoms with van der Waals surface area (Å²) in [6.45, 7) is 2.49. The summed E-state index contributed by atoms with van der Waals surface area (Å²) in [5.74, 6) is 0.416. The van der Waals surface area contributed by atoms with Crippen molar-refractivity contribution in [3.8, 4) is 0 Å². The largest absolute Gasteiger partial charge is 0.352 e. The maximum atomic E-state index is 12.9. The molecule has 2 N–H and O–H groups in total. The van der Waals surface area contributed by atoms with Crippen LogP contribution in [0.25, 0.3) is 0 Å². The van der Waals surface area contributed by atoms with Crippen LogP contribution < -0.4 is 15.5 Å². The Bertz CT molecular complexity index is 817. The van der Waals surface area contributed by atoms with Crippen molar-refractivity contribution in [2.45, 2.75) is 31.2 Å². The van der Waals surface area contributed by atoms with Gasteiger partial charge in [0.05, 0.1) is 10.0 Å².